The average Bonchev–Trinajstić information content (AvgIpc) is 2.53. The first-order valence-corrected chi connectivity index (χ1v) is 10.2. The number of carbonyl (C=O) groups is 1. The first-order valence-electron chi connectivity index (χ1n) is 9.74. The number of fused-ring (bicyclic) bond motifs is 3. The molecule has 142 valence electrons. The van der Waals surface area contributed by atoms with E-state index in [2.05, 4.69) is 46.4 Å². The van der Waals surface area contributed by atoms with Crippen LogP contribution < -0.4 is 4.74 Å². The maximum absolute atomic E-state index is 12.2. The van der Waals surface area contributed by atoms with E-state index >= 15 is 0 Å². The molecule has 26 heavy (non-hydrogen) atoms. The van der Waals surface area contributed by atoms with Crippen LogP contribution in [0, 0.1) is 5.92 Å². The van der Waals surface area contributed by atoms with Crippen LogP contribution in [0.25, 0.3) is 0 Å². The lowest BCUT2D eigenvalue weighted by Crippen LogP contribution is -2.45. The Hall–Kier alpha value is -1.42. The Morgan fingerprint density at radius 3 is 2.77 bits per heavy atom. The molecule has 3 nitrogen and oxygen atoms in total. The van der Waals surface area contributed by atoms with E-state index in [0.29, 0.717) is 11.5 Å². The average molecular weight is 375 g/mol. The largest absolute Gasteiger partial charge is 0.507 e. The Labute approximate surface area is 162 Å². The van der Waals surface area contributed by atoms with Crippen LogP contribution in [0.5, 0.6) is 11.5 Å². The molecule has 1 N–H and O–H groups in total. The highest BCUT2D eigenvalue weighted by Crippen LogP contribution is 2.54. The Balaban J connectivity index is 2.15. The van der Waals surface area contributed by atoms with Gasteiger partial charge in [-0.1, -0.05) is 31.4 Å². The van der Waals surface area contributed by atoms with E-state index in [0.717, 1.165) is 55.4 Å². The molecule has 0 fully saturated rings. The lowest BCUT2D eigenvalue weighted by atomic mass is 9.67. The molecule has 2 atom stereocenters. The number of aryl methyl sites for hydroxylation is 1. The van der Waals surface area contributed by atoms with Gasteiger partial charge in [-0.25, -0.2) is 0 Å². The van der Waals surface area contributed by atoms with Crippen molar-refractivity contribution in [1.29, 1.82) is 0 Å². The normalized spacial score (nSPS) is 23.5. The molecular weight excluding hydrogens is 344 g/mol. The predicted octanol–water partition coefficient (Wildman–Crippen LogP) is 5.81. The van der Waals surface area contributed by atoms with Crippen molar-refractivity contribution in [2.24, 2.45) is 5.92 Å². The van der Waals surface area contributed by atoms with Gasteiger partial charge < -0.3 is 9.84 Å². The summed E-state index contributed by atoms with van der Waals surface area (Å²) in [7, 11) is 0. The summed E-state index contributed by atoms with van der Waals surface area (Å²) >= 11 is 4.05. The molecule has 0 aromatic heterocycles. The quantitative estimate of drug-likeness (QED) is 0.389. The van der Waals surface area contributed by atoms with Crippen molar-refractivity contribution in [3.05, 3.63) is 34.4 Å². The van der Waals surface area contributed by atoms with Crippen LogP contribution in [0.2, 0.25) is 0 Å². The molecule has 3 rings (SSSR count). The van der Waals surface area contributed by atoms with Gasteiger partial charge in [0.25, 0.3) is 0 Å². The fourth-order valence-electron chi connectivity index (χ4n) is 4.61. The summed E-state index contributed by atoms with van der Waals surface area (Å²) in [6, 6.07) is 1.98. The van der Waals surface area contributed by atoms with Gasteiger partial charge in [-0.15, -0.1) is 12.6 Å². The SMILES string of the molecule is CCCCCc1cc2c(c(O)c1C(=O)S)[C@@H]1C=C(C)CC[C@H]1C(C)(C)O2. The minimum absolute atomic E-state index is 0.0745. The van der Waals surface area contributed by atoms with Crippen LogP contribution >= 0.6 is 12.6 Å². The summed E-state index contributed by atoms with van der Waals surface area (Å²) in [4.78, 5) is 12.2. The number of rotatable bonds is 5. The number of allylic oxidation sites excluding steroid dienone is 2. The molecule has 0 saturated heterocycles. The lowest BCUT2D eigenvalue weighted by Gasteiger charge is -2.46. The third-order valence-electron chi connectivity index (χ3n) is 5.99. The summed E-state index contributed by atoms with van der Waals surface area (Å²) in [5.41, 5.74) is 3.02. The lowest BCUT2D eigenvalue weighted by molar-refractivity contribution is 0.0107. The van der Waals surface area contributed by atoms with Crippen molar-refractivity contribution < 1.29 is 14.6 Å². The van der Waals surface area contributed by atoms with E-state index < -0.39 is 0 Å². The third-order valence-corrected chi connectivity index (χ3v) is 6.22. The molecule has 2 aliphatic rings. The highest BCUT2D eigenvalue weighted by atomic mass is 32.1. The Bertz CT molecular complexity index is 748. The molecule has 4 heteroatoms. The predicted molar refractivity (Wildman–Crippen MR) is 109 cm³/mol. The zero-order valence-corrected chi connectivity index (χ0v) is 17.2. The summed E-state index contributed by atoms with van der Waals surface area (Å²) in [5, 5.41) is 10.7. The second kappa shape index (κ2) is 7.30. The number of ether oxygens (including phenoxy) is 1. The molecule has 0 unspecified atom stereocenters. The monoisotopic (exact) mass is 374 g/mol. The molecule has 0 bridgehead atoms. The van der Waals surface area contributed by atoms with Gasteiger partial charge in [-0.2, -0.15) is 0 Å². The standard InChI is InChI=1S/C22H30O3S/c1-5-6-7-8-14-12-17-19(20(23)18(14)21(24)26)15-11-13(2)9-10-16(15)22(3,4)25-17/h11-12,15-16,23H,5-10H2,1-4H3,(H,24,26)/t15-,16-/m1/s1. The first-order chi connectivity index (χ1) is 12.3. The maximum Gasteiger partial charge on any atom is 0.220 e. The molecule has 1 aliphatic heterocycles. The summed E-state index contributed by atoms with van der Waals surface area (Å²) < 4.78 is 6.36. The second-order valence-electron chi connectivity index (χ2n) is 8.32. The first kappa shape index (κ1) is 19.3. The molecule has 1 aliphatic carbocycles. The van der Waals surface area contributed by atoms with Crippen molar-refractivity contribution >= 4 is 17.7 Å². The van der Waals surface area contributed by atoms with Crippen LogP contribution in [0.1, 0.15) is 87.2 Å². The minimum atomic E-state index is -0.366. The van der Waals surface area contributed by atoms with Crippen molar-refractivity contribution in [1.82, 2.24) is 0 Å². The number of unbranched alkanes of at least 4 members (excludes halogenated alkanes) is 2. The number of phenols is 1. The van der Waals surface area contributed by atoms with E-state index in [1.807, 2.05) is 6.07 Å². The van der Waals surface area contributed by atoms with Crippen molar-refractivity contribution in [3.63, 3.8) is 0 Å². The van der Waals surface area contributed by atoms with Crippen molar-refractivity contribution in [3.8, 4) is 11.5 Å². The molecule has 0 saturated carbocycles. The van der Waals surface area contributed by atoms with Gasteiger partial charge in [0.15, 0.2) is 0 Å². The highest BCUT2D eigenvalue weighted by molar-refractivity contribution is 7.97. The fourth-order valence-corrected chi connectivity index (χ4v) is 4.86. The molecule has 0 radical (unpaired) electrons. The minimum Gasteiger partial charge on any atom is -0.507 e. The van der Waals surface area contributed by atoms with Gasteiger partial charge in [-0.05, 0) is 58.1 Å². The van der Waals surface area contributed by atoms with Gasteiger partial charge in [0, 0.05) is 17.4 Å². The number of thiol groups is 1. The van der Waals surface area contributed by atoms with Crippen LogP contribution in [0.15, 0.2) is 17.7 Å². The van der Waals surface area contributed by atoms with E-state index in [4.69, 9.17) is 4.74 Å². The Morgan fingerprint density at radius 1 is 1.38 bits per heavy atom. The van der Waals surface area contributed by atoms with Crippen molar-refractivity contribution in [2.75, 3.05) is 0 Å². The smallest absolute Gasteiger partial charge is 0.220 e. The topological polar surface area (TPSA) is 46.5 Å². The maximum atomic E-state index is 12.2. The second-order valence-corrected chi connectivity index (χ2v) is 8.73. The summed E-state index contributed by atoms with van der Waals surface area (Å²) in [5.74, 6) is 1.17. The molecular formula is C22H30O3S. The van der Waals surface area contributed by atoms with Gasteiger partial charge in [-0.3, -0.25) is 4.79 Å². The number of carbonyl (C=O) groups excluding carboxylic acids is 1. The molecule has 0 spiro atoms. The van der Waals surface area contributed by atoms with Crippen LogP contribution in [0.3, 0.4) is 0 Å². The number of hydrogen-bond acceptors (Lipinski definition) is 3. The highest BCUT2D eigenvalue weighted by Gasteiger charge is 2.46. The zero-order chi connectivity index (χ0) is 19.1. The van der Waals surface area contributed by atoms with Crippen LogP contribution in [0.4, 0.5) is 0 Å². The van der Waals surface area contributed by atoms with Gasteiger partial charge in [0.2, 0.25) is 5.12 Å². The van der Waals surface area contributed by atoms with E-state index in [1.165, 1.54) is 5.57 Å². The molecule has 1 aromatic carbocycles. The van der Waals surface area contributed by atoms with E-state index in [1.54, 1.807) is 0 Å². The summed E-state index contributed by atoms with van der Waals surface area (Å²) in [6.45, 7) is 8.55. The van der Waals surface area contributed by atoms with Gasteiger partial charge >= 0.3 is 0 Å². The number of aromatic hydroxyl groups is 1. The molecule has 1 aromatic rings. The van der Waals surface area contributed by atoms with E-state index in [-0.39, 0.29) is 22.4 Å². The number of benzene rings is 1. The van der Waals surface area contributed by atoms with Crippen molar-refractivity contribution in [2.45, 2.75) is 77.7 Å². The van der Waals surface area contributed by atoms with Gasteiger partial charge in [0.1, 0.15) is 17.1 Å². The number of hydrogen-bond donors (Lipinski definition) is 2. The summed E-state index contributed by atoms with van der Waals surface area (Å²) in [6.07, 6.45) is 8.27. The Kier molecular flexibility index (Phi) is 5.43. The van der Waals surface area contributed by atoms with E-state index in [9.17, 15) is 9.90 Å². The fraction of sp³-hybridized carbons (Fsp3) is 0.591. The third kappa shape index (κ3) is 3.40. The molecule has 1 heterocycles. The van der Waals surface area contributed by atoms with Gasteiger partial charge in [0.05, 0.1) is 5.56 Å². The molecule has 0 amide bonds. The van der Waals surface area contributed by atoms with Crippen LogP contribution in [-0.2, 0) is 6.42 Å². The van der Waals surface area contributed by atoms with Crippen LogP contribution in [-0.4, -0.2) is 15.8 Å². The zero-order valence-electron chi connectivity index (χ0n) is 16.3. The Morgan fingerprint density at radius 2 is 2.12 bits per heavy atom. The number of phenolic OH excluding ortho intramolecular Hbond substituents is 1.